The van der Waals surface area contributed by atoms with Crippen molar-refractivity contribution < 1.29 is 14.3 Å². The first-order valence-corrected chi connectivity index (χ1v) is 6.30. The summed E-state index contributed by atoms with van der Waals surface area (Å²) in [5.74, 6) is -0.0864. The van der Waals surface area contributed by atoms with Crippen LogP contribution in [0, 0.1) is 5.92 Å². The molecule has 0 fully saturated rings. The van der Waals surface area contributed by atoms with E-state index < -0.39 is 0 Å². The van der Waals surface area contributed by atoms with Crippen molar-refractivity contribution in [3.63, 3.8) is 0 Å². The second-order valence-electron chi connectivity index (χ2n) is 4.71. The maximum atomic E-state index is 12.3. The number of carbonyl (C=O) groups excluding carboxylic acids is 2. The summed E-state index contributed by atoms with van der Waals surface area (Å²) in [6, 6.07) is 3.45. The molecule has 0 saturated heterocycles. The second kappa shape index (κ2) is 7.51. The number of hydrogen-bond acceptors (Lipinski definition) is 4. The van der Waals surface area contributed by atoms with Gasteiger partial charge in [0, 0.05) is 25.5 Å². The number of aromatic nitrogens is 1. The first-order valence-electron chi connectivity index (χ1n) is 6.30. The molecule has 1 rings (SSSR count). The highest BCUT2D eigenvalue weighted by atomic mass is 16.5. The van der Waals surface area contributed by atoms with Crippen LogP contribution in [-0.2, 0) is 9.53 Å². The molecule has 5 heteroatoms. The van der Waals surface area contributed by atoms with Crippen molar-refractivity contribution in [3.8, 4) is 0 Å². The molecule has 1 heterocycles. The average molecular weight is 264 g/mol. The monoisotopic (exact) mass is 264 g/mol. The zero-order valence-electron chi connectivity index (χ0n) is 11.6. The summed E-state index contributed by atoms with van der Waals surface area (Å²) in [6.07, 6.45) is 3.36. The lowest BCUT2D eigenvalue weighted by molar-refractivity contribution is -0.140. The van der Waals surface area contributed by atoms with Crippen molar-refractivity contribution in [2.75, 3.05) is 20.2 Å². The Balaban J connectivity index is 2.73. The topological polar surface area (TPSA) is 59.5 Å². The zero-order valence-corrected chi connectivity index (χ0v) is 11.6. The summed E-state index contributed by atoms with van der Waals surface area (Å²) in [5.41, 5.74) is 0.535. The highest BCUT2D eigenvalue weighted by Crippen LogP contribution is 2.07. The molecule has 0 saturated carbocycles. The fourth-order valence-corrected chi connectivity index (χ4v) is 1.72. The van der Waals surface area contributed by atoms with E-state index in [1.165, 1.54) is 13.3 Å². The van der Waals surface area contributed by atoms with Crippen LogP contribution < -0.4 is 0 Å². The van der Waals surface area contributed by atoms with Gasteiger partial charge in [0.1, 0.15) is 0 Å². The molecule has 0 radical (unpaired) electrons. The summed E-state index contributed by atoms with van der Waals surface area (Å²) in [5, 5.41) is 0. The van der Waals surface area contributed by atoms with Gasteiger partial charge in [-0.3, -0.25) is 14.6 Å². The number of methoxy groups -OCH3 is 1. The predicted molar refractivity (Wildman–Crippen MR) is 71.6 cm³/mol. The van der Waals surface area contributed by atoms with Gasteiger partial charge in [-0.15, -0.1) is 0 Å². The van der Waals surface area contributed by atoms with Crippen LogP contribution in [0.3, 0.4) is 0 Å². The molecule has 0 aromatic carbocycles. The van der Waals surface area contributed by atoms with E-state index in [0.29, 0.717) is 24.6 Å². The minimum atomic E-state index is -0.312. The van der Waals surface area contributed by atoms with Crippen LogP contribution in [0.1, 0.15) is 30.6 Å². The van der Waals surface area contributed by atoms with Crippen LogP contribution in [-0.4, -0.2) is 42.0 Å². The average Bonchev–Trinajstić information content (AvgIpc) is 2.42. The van der Waals surface area contributed by atoms with Crippen molar-refractivity contribution in [1.29, 1.82) is 0 Å². The number of esters is 1. The van der Waals surface area contributed by atoms with Gasteiger partial charge in [0.25, 0.3) is 5.91 Å². The summed E-state index contributed by atoms with van der Waals surface area (Å²) in [7, 11) is 1.35. The molecule has 0 aliphatic heterocycles. The molecule has 104 valence electrons. The first kappa shape index (κ1) is 15.1. The molecule has 19 heavy (non-hydrogen) atoms. The standard InChI is InChI=1S/C14H20N2O3/c1-11(2)10-16(8-6-13(17)19-3)14(18)12-5-4-7-15-9-12/h4-5,7,9,11H,6,8,10H2,1-3H3. The van der Waals surface area contributed by atoms with Crippen LogP contribution in [0.5, 0.6) is 0 Å². The van der Waals surface area contributed by atoms with E-state index in [-0.39, 0.29) is 18.3 Å². The highest BCUT2D eigenvalue weighted by Gasteiger charge is 2.18. The number of hydrogen-bond donors (Lipinski definition) is 0. The van der Waals surface area contributed by atoms with Gasteiger partial charge in [-0.2, -0.15) is 0 Å². The van der Waals surface area contributed by atoms with Crippen LogP contribution >= 0.6 is 0 Å². The lowest BCUT2D eigenvalue weighted by Crippen LogP contribution is -2.36. The maximum absolute atomic E-state index is 12.3. The molecule has 0 N–H and O–H groups in total. The highest BCUT2D eigenvalue weighted by molar-refractivity contribution is 5.94. The fourth-order valence-electron chi connectivity index (χ4n) is 1.72. The number of rotatable bonds is 6. The Bertz CT molecular complexity index is 418. The van der Waals surface area contributed by atoms with Crippen molar-refractivity contribution in [2.45, 2.75) is 20.3 Å². The van der Waals surface area contributed by atoms with E-state index in [9.17, 15) is 9.59 Å². The third kappa shape index (κ3) is 5.07. The maximum Gasteiger partial charge on any atom is 0.307 e. The first-order chi connectivity index (χ1) is 9.04. The largest absolute Gasteiger partial charge is 0.469 e. The van der Waals surface area contributed by atoms with Crippen molar-refractivity contribution >= 4 is 11.9 Å². The van der Waals surface area contributed by atoms with Gasteiger partial charge >= 0.3 is 5.97 Å². The van der Waals surface area contributed by atoms with Crippen molar-refractivity contribution in [3.05, 3.63) is 30.1 Å². The lowest BCUT2D eigenvalue weighted by atomic mass is 10.1. The molecule has 0 aliphatic carbocycles. The van der Waals surface area contributed by atoms with E-state index in [0.717, 1.165) is 0 Å². The SMILES string of the molecule is COC(=O)CCN(CC(C)C)C(=O)c1cccnc1. The van der Waals surface area contributed by atoms with E-state index in [2.05, 4.69) is 9.72 Å². The second-order valence-corrected chi connectivity index (χ2v) is 4.71. The minimum Gasteiger partial charge on any atom is -0.469 e. The molecular weight excluding hydrogens is 244 g/mol. The summed E-state index contributed by atoms with van der Waals surface area (Å²) < 4.78 is 4.60. The van der Waals surface area contributed by atoms with Gasteiger partial charge in [0.2, 0.25) is 0 Å². The van der Waals surface area contributed by atoms with Gasteiger partial charge in [0.05, 0.1) is 19.1 Å². The molecule has 0 spiro atoms. The number of ether oxygens (including phenoxy) is 1. The van der Waals surface area contributed by atoms with Gasteiger partial charge in [-0.1, -0.05) is 13.8 Å². The van der Waals surface area contributed by atoms with E-state index in [1.807, 2.05) is 13.8 Å². The van der Waals surface area contributed by atoms with Gasteiger partial charge in [-0.25, -0.2) is 0 Å². The number of carbonyl (C=O) groups is 2. The van der Waals surface area contributed by atoms with Crippen LogP contribution in [0.4, 0.5) is 0 Å². The molecular formula is C14H20N2O3. The lowest BCUT2D eigenvalue weighted by Gasteiger charge is -2.24. The summed E-state index contributed by atoms with van der Waals surface area (Å²) in [4.78, 5) is 29.1. The molecule has 0 atom stereocenters. The van der Waals surface area contributed by atoms with E-state index >= 15 is 0 Å². The molecule has 1 aromatic rings. The van der Waals surface area contributed by atoms with Crippen molar-refractivity contribution in [2.24, 2.45) is 5.92 Å². The Kier molecular flexibility index (Phi) is 5.99. The number of pyridine rings is 1. The molecule has 5 nitrogen and oxygen atoms in total. The fraction of sp³-hybridized carbons (Fsp3) is 0.500. The normalized spacial score (nSPS) is 10.3. The number of nitrogens with zero attached hydrogens (tertiary/aromatic N) is 2. The predicted octanol–water partition coefficient (Wildman–Crippen LogP) is 1.74. The smallest absolute Gasteiger partial charge is 0.307 e. The van der Waals surface area contributed by atoms with Gasteiger partial charge in [-0.05, 0) is 18.1 Å². The Morgan fingerprint density at radius 1 is 1.42 bits per heavy atom. The van der Waals surface area contributed by atoms with Gasteiger partial charge < -0.3 is 9.64 Å². The molecule has 1 aromatic heterocycles. The third-order valence-electron chi connectivity index (χ3n) is 2.59. The van der Waals surface area contributed by atoms with Gasteiger partial charge in [0.15, 0.2) is 0 Å². The van der Waals surface area contributed by atoms with Crippen LogP contribution in [0.2, 0.25) is 0 Å². The summed E-state index contributed by atoms with van der Waals surface area (Å²) >= 11 is 0. The molecule has 0 aliphatic rings. The number of amides is 1. The Morgan fingerprint density at radius 3 is 2.68 bits per heavy atom. The van der Waals surface area contributed by atoms with E-state index in [1.54, 1.807) is 23.2 Å². The van der Waals surface area contributed by atoms with Crippen LogP contribution in [0.25, 0.3) is 0 Å². The Hall–Kier alpha value is -1.91. The Labute approximate surface area is 113 Å². The quantitative estimate of drug-likeness (QED) is 0.734. The third-order valence-corrected chi connectivity index (χ3v) is 2.59. The molecule has 0 unspecified atom stereocenters. The minimum absolute atomic E-state index is 0.106. The summed E-state index contributed by atoms with van der Waals surface area (Å²) in [6.45, 7) is 5.02. The van der Waals surface area contributed by atoms with Crippen LogP contribution in [0.15, 0.2) is 24.5 Å². The van der Waals surface area contributed by atoms with E-state index in [4.69, 9.17) is 0 Å². The van der Waals surface area contributed by atoms with Crippen molar-refractivity contribution in [1.82, 2.24) is 9.88 Å². The molecule has 1 amide bonds. The zero-order chi connectivity index (χ0) is 14.3. The molecule has 0 bridgehead atoms. The Morgan fingerprint density at radius 2 is 2.16 bits per heavy atom.